The van der Waals surface area contributed by atoms with Crippen LogP contribution in [-0.4, -0.2) is 16.7 Å². The summed E-state index contributed by atoms with van der Waals surface area (Å²) < 4.78 is 5.81. The van der Waals surface area contributed by atoms with E-state index < -0.39 is 17.3 Å². The molecule has 0 aliphatic heterocycles. The fourth-order valence-electron chi connectivity index (χ4n) is 3.78. The summed E-state index contributed by atoms with van der Waals surface area (Å²) in [5.74, 6) is -0.828. The Bertz CT molecular complexity index is 1360. The van der Waals surface area contributed by atoms with Crippen molar-refractivity contribution in [3.63, 3.8) is 0 Å². The lowest BCUT2D eigenvalue weighted by atomic mass is 9.82. The number of aromatic hydroxyl groups is 1. The van der Waals surface area contributed by atoms with Crippen LogP contribution in [-0.2, 0) is 0 Å². The molecule has 1 aliphatic rings. The Morgan fingerprint density at radius 2 is 1.28 bits per heavy atom. The number of ketones is 2. The topological polar surface area (TPSA) is 102 Å². The van der Waals surface area contributed by atoms with Crippen LogP contribution in [0.15, 0.2) is 84.9 Å². The maximum absolute atomic E-state index is 13.0. The van der Waals surface area contributed by atoms with Crippen LogP contribution in [0.25, 0.3) is 0 Å². The number of hydrogen-bond acceptors (Lipinski definition) is 6. The maximum Gasteiger partial charge on any atom is 0.198 e. The van der Waals surface area contributed by atoms with E-state index in [1.807, 2.05) is 42.5 Å². The molecule has 0 unspecified atom stereocenters. The highest BCUT2D eigenvalue weighted by Gasteiger charge is 2.35. The lowest BCUT2D eigenvalue weighted by Crippen LogP contribution is -2.22. The summed E-state index contributed by atoms with van der Waals surface area (Å²) in [5, 5.41) is 14.1. The van der Waals surface area contributed by atoms with Gasteiger partial charge in [-0.25, -0.2) is 0 Å². The van der Waals surface area contributed by atoms with Crippen LogP contribution >= 0.6 is 0 Å². The van der Waals surface area contributed by atoms with Gasteiger partial charge in [-0.1, -0.05) is 42.5 Å². The number of fused-ring (bicyclic) bond motifs is 2. The van der Waals surface area contributed by atoms with Crippen molar-refractivity contribution in [2.24, 2.45) is 0 Å². The first-order valence-corrected chi connectivity index (χ1v) is 9.97. The number of nitrogens with two attached hydrogens (primary N) is 1. The summed E-state index contributed by atoms with van der Waals surface area (Å²) >= 11 is 0. The van der Waals surface area contributed by atoms with Crippen LogP contribution in [0.2, 0.25) is 0 Å². The average Bonchev–Trinajstić information content (AvgIpc) is 2.81. The number of carbonyl (C=O) groups excluding carboxylic acids is 2. The van der Waals surface area contributed by atoms with Crippen molar-refractivity contribution in [1.29, 1.82) is 0 Å². The second-order valence-electron chi connectivity index (χ2n) is 7.38. The highest BCUT2D eigenvalue weighted by atomic mass is 16.5. The molecular weight excluding hydrogens is 404 g/mol. The quantitative estimate of drug-likeness (QED) is 0.269. The molecule has 6 nitrogen and oxygen atoms in total. The van der Waals surface area contributed by atoms with Crippen molar-refractivity contribution in [2.45, 2.75) is 0 Å². The summed E-state index contributed by atoms with van der Waals surface area (Å²) in [6.45, 7) is 0. The number of nitrogens with one attached hydrogen (secondary N) is 1. The molecule has 0 heterocycles. The Balaban J connectivity index is 1.46. The fourth-order valence-corrected chi connectivity index (χ4v) is 3.78. The number of phenols is 1. The third kappa shape index (κ3) is 3.24. The molecule has 0 aromatic heterocycles. The van der Waals surface area contributed by atoms with E-state index in [9.17, 15) is 14.7 Å². The number of anilines is 3. The van der Waals surface area contributed by atoms with Crippen molar-refractivity contribution < 1.29 is 19.4 Å². The molecule has 0 fully saturated rings. The van der Waals surface area contributed by atoms with Crippen molar-refractivity contribution in [3.8, 4) is 17.2 Å². The lowest BCUT2D eigenvalue weighted by molar-refractivity contribution is 0.0977. The molecule has 0 spiro atoms. The SMILES string of the molecule is Nc1cc(Oc2ccc(Nc3ccccc3)cc2)c(O)c2c1C(=O)c1ccccc1C2=O. The smallest absolute Gasteiger partial charge is 0.198 e. The van der Waals surface area contributed by atoms with Gasteiger partial charge in [0, 0.05) is 34.3 Å². The van der Waals surface area contributed by atoms with Crippen LogP contribution in [0.4, 0.5) is 17.1 Å². The van der Waals surface area contributed by atoms with Crippen LogP contribution in [0.3, 0.4) is 0 Å². The highest BCUT2D eigenvalue weighted by Crippen LogP contribution is 2.43. The van der Waals surface area contributed by atoms with Gasteiger partial charge in [0.25, 0.3) is 0 Å². The molecule has 4 N–H and O–H groups in total. The van der Waals surface area contributed by atoms with Gasteiger partial charge in [0.2, 0.25) is 0 Å². The van der Waals surface area contributed by atoms with Crippen molar-refractivity contribution in [2.75, 3.05) is 11.1 Å². The minimum atomic E-state index is -0.466. The van der Waals surface area contributed by atoms with Gasteiger partial charge in [-0.15, -0.1) is 0 Å². The first kappa shape index (κ1) is 19.4. The number of rotatable bonds is 4. The van der Waals surface area contributed by atoms with Gasteiger partial charge in [-0.2, -0.15) is 0 Å². The Labute approximate surface area is 183 Å². The molecule has 156 valence electrons. The summed E-state index contributed by atoms with van der Waals surface area (Å²) in [6, 6.07) is 24.7. The van der Waals surface area contributed by atoms with Gasteiger partial charge in [-0.05, 0) is 36.4 Å². The molecule has 0 bridgehead atoms. The Morgan fingerprint density at radius 3 is 1.94 bits per heavy atom. The number of carbonyl (C=O) groups is 2. The molecule has 4 aromatic rings. The Kier molecular flexibility index (Phi) is 4.60. The third-order valence-corrected chi connectivity index (χ3v) is 5.31. The summed E-state index contributed by atoms with van der Waals surface area (Å²) in [6.07, 6.45) is 0. The fraction of sp³-hybridized carbons (Fsp3) is 0. The molecular formula is C26H18N2O4. The van der Waals surface area contributed by atoms with Crippen LogP contribution in [0.5, 0.6) is 17.2 Å². The zero-order chi connectivity index (χ0) is 22.2. The molecule has 0 radical (unpaired) electrons. The van der Waals surface area contributed by atoms with Gasteiger partial charge in [-0.3, -0.25) is 9.59 Å². The van der Waals surface area contributed by atoms with E-state index in [0.717, 1.165) is 11.4 Å². The molecule has 0 atom stereocenters. The van der Waals surface area contributed by atoms with E-state index in [0.29, 0.717) is 5.75 Å². The highest BCUT2D eigenvalue weighted by molar-refractivity contribution is 6.31. The van der Waals surface area contributed by atoms with E-state index in [2.05, 4.69) is 5.32 Å². The largest absolute Gasteiger partial charge is 0.504 e. The third-order valence-electron chi connectivity index (χ3n) is 5.31. The summed E-state index contributed by atoms with van der Waals surface area (Å²) in [4.78, 5) is 25.9. The van der Waals surface area contributed by atoms with Crippen molar-refractivity contribution >= 4 is 28.6 Å². The number of benzene rings is 4. The summed E-state index contributed by atoms with van der Waals surface area (Å²) in [7, 11) is 0. The standard InChI is InChI=1S/C26H18N2O4/c27-20-14-21(32-17-12-10-16(11-13-17)28-15-6-2-1-3-7-15)26(31)23-22(20)24(29)18-8-4-5-9-19(18)25(23)30/h1-14,28,31H,27H2. The van der Waals surface area contributed by atoms with Gasteiger partial charge >= 0.3 is 0 Å². The first-order chi connectivity index (χ1) is 15.5. The molecule has 5 rings (SSSR count). The van der Waals surface area contributed by atoms with Crippen LogP contribution < -0.4 is 15.8 Å². The van der Waals surface area contributed by atoms with Gasteiger partial charge < -0.3 is 20.9 Å². The molecule has 0 saturated carbocycles. The average molecular weight is 422 g/mol. The zero-order valence-corrected chi connectivity index (χ0v) is 16.8. The van der Waals surface area contributed by atoms with Crippen LogP contribution in [0.1, 0.15) is 31.8 Å². The van der Waals surface area contributed by atoms with Crippen molar-refractivity contribution in [1.82, 2.24) is 0 Å². The van der Waals surface area contributed by atoms with Crippen LogP contribution in [0, 0.1) is 0 Å². The predicted octanol–water partition coefficient (Wildman–Crippen LogP) is 5.29. The van der Waals surface area contributed by atoms with E-state index in [4.69, 9.17) is 10.5 Å². The van der Waals surface area contributed by atoms with E-state index in [1.165, 1.54) is 6.07 Å². The molecule has 0 amide bonds. The molecule has 6 heteroatoms. The normalized spacial score (nSPS) is 12.1. The number of phenolic OH excluding ortho intramolecular Hbond substituents is 1. The monoisotopic (exact) mass is 422 g/mol. The number of para-hydroxylation sites is 1. The Hall–Kier alpha value is -4.58. The predicted molar refractivity (Wildman–Crippen MR) is 122 cm³/mol. The summed E-state index contributed by atoms with van der Waals surface area (Å²) in [5.41, 5.74) is 8.36. The number of hydrogen-bond donors (Lipinski definition) is 3. The number of nitrogen functional groups attached to an aromatic ring is 1. The second-order valence-corrected chi connectivity index (χ2v) is 7.38. The van der Waals surface area contributed by atoms with E-state index in [1.54, 1.807) is 36.4 Å². The lowest BCUT2D eigenvalue weighted by Gasteiger charge is -2.21. The zero-order valence-electron chi connectivity index (χ0n) is 16.8. The van der Waals surface area contributed by atoms with Gasteiger partial charge in [0.15, 0.2) is 23.1 Å². The van der Waals surface area contributed by atoms with Crippen molar-refractivity contribution in [3.05, 3.63) is 107 Å². The van der Waals surface area contributed by atoms with Gasteiger partial charge in [0.05, 0.1) is 11.1 Å². The molecule has 1 aliphatic carbocycles. The molecule has 0 saturated heterocycles. The minimum Gasteiger partial charge on any atom is -0.504 e. The second kappa shape index (κ2) is 7.59. The Morgan fingerprint density at radius 1 is 0.719 bits per heavy atom. The minimum absolute atomic E-state index is 0.000888. The molecule has 4 aromatic carbocycles. The first-order valence-electron chi connectivity index (χ1n) is 9.97. The molecule has 32 heavy (non-hydrogen) atoms. The van der Waals surface area contributed by atoms with E-state index >= 15 is 0 Å². The maximum atomic E-state index is 13.0. The number of ether oxygens (including phenoxy) is 1. The van der Waals surface area contributed by atoms with E-state index in [-0.39, 0.29) is 33.7 Å². The van der Waals surface area contributed by atoms with Gasteiger partial charge in [0.1, 0.15) is 5.75 Å².